The van der Waals surface area contributed by atoms with Crippen LogP contribution in [0, 0.1) is 0 Å². The highest BCUT2D eigenvalue weighted by molar-refractivity contribution is 6.05. The average Bonchev–Trinajstić information content (AvgIpc) is 2.82. The zero-order valence-electron chi connectivity index (χ0n) is 18.4. The first-order valence-electron chi connectivity index (χ1n) is 10.6. The van der Waals surface area contributed by atoms with E-state index in [1.165, 1.54) is 0 Å². The lowest BCUT2D eigenvalue weighted by molar-refractivity contribution is 0.0784. The molecule has 0 aromatic heterocycles. The minimum absolute atomic E-state index is 0.116. The third kappa shape index (κ3) is 6.68. The maximum Gasteiger partial charge on any atom is 0.255 e. The molecule has 0 radical (unpaired) electrons. The van der Waals surface area contributed by atoms with Crippen LogP contribution in [0.25, 0.3) is 0 Å². The van der Waals surface area contributed by atoms with Gasteiger partial charge in [0.15, 0.2) is 0 Å². The van der Waals surface area contributed by atoms with Gasteiger partial charge in [0.2, 0.25) is 0 Å². The van der Waals surface area contributed by atoms with E-state index in [-0.39, 0.29) is 11.8 Å². The summed E-state index contributed by atoms with van der Waals surface area (Å²) in [5.74, 6) is 0.209. The third-order valence-corrected chi connectivity index (χ3v) is 4.77. The Morgan fingerprint density at radius 2 is 1.62 bits per heavy atom. The Labute approximate surface area is 188 Å². The number of nitrogens with one attached hydrogen (secondary N) is 1. The third-order valence-electron chi connectivity index (χ3n) is 4.77. The molecule has 166 valence electrons. The summed E-state index contributed by atoms with van der Waals surface area (Å²) in [4.78, 5) is 27.2. The predicted molar refractivity (Wildman–Crippen MR) is 125 cm³/mol. The highest BCUT2D eigenvalue weighted by Crippen LogP contribution is 2.17. The molecule has 6 heteroatoms. The van der Waals surface area contributed by atoms with Crippen molar-refractivity contribution in [3.8, 4) is 5.75 Å². The first kappa shape index (κ1) is 23.0. The minimum atomic E-state index is -0.275. The number of hydrogen-bond donors (Lipinski definition) is 1. The molecule has 3 aromatic rings. The molecule has 0 aliphatic carbocycles. The van der Waals surface area contributed by atoms with Crippen LogP contribution in [0.3, 0.4) is 0 Å². The summed E-state index contributed by atoms with van der Waals surface area (Å²) < 4.78 is 10.9. The van der Waals surface area contributed by atoms with Gasteiger partial charge in [0.25, 0.3) is 11.8 Å². The topological polar surface area (TPSA) is 67.9 Å². The van der Waals surface area contributed by atoms with Crippen LogP contribution in [0.4, 0.5) is 5.69 Å². The molecular weight excluding hydrogens is 404 g/mol. The van der Waals surface area contributed by atoms with E-state index >= 15 is 0 Å². The fraction of sp³-hybridized carbons (Fsp3) is 0.231. The van der Waals surface area contributed by atoms with Crippen molar-refractivity contribution in [1.29, 1.82) is 0 Å². The van der Waals surface area contributed by atoms with Crippen LogP contribution in [-0.2, 0) is 11.3 Å². The second kappa shape index (κ2) is 11.7. The maximum atomic E-state index is 12.8. The number of benzene rings is 3. The zero-order chi connectivity index (χ0) is 22.8. The predicted octanol–water partition coefficient (Wildman–Crippen LogP) is 4.63. The Hall–Kier alpha value is -3.64. The fourth-order valence-electron chi connectivity index (χ4n) is 3.17. The molecule has 0 unspecified atom stereocenters. The van der Waals surface area contributed by atoms with Crippen LogP contribution >= 0.6 is 0 Å². The molecule has 0 aliphatic heterocycles. The van der Waals surface area contributed by atoms with E-state index in [1.807, 2.05) is 37.3 Å². The van der Waals surface area contributed by atoms with Crippen molar-refractivity contribution < 1.29 is 19.1 Å². The molecule has 3 aromatic carbocycles. The molecule has 0 atom stereocenters. The smallest absolute Gasteiger partial charge is 0.255 e. The molecule has 0 saturated heterocycles. The van der Waals surface area contributed by atoms with Gasteiger partial charge < -0.3 is 19.7 Å². The number of nitrogens with zero attached hydrogens (tertiary/aromatic N) is 1. The van der Waals surface area contributed by atoms with Crippen molar-refractivity contribution in [3.05, 3.63) is 95.6 Å². The van der Waals surface area contributed by atoms with Crippen molar-refractivity contribution >= 4 is 17.5 Å². The number of carbonyl (C=O) groups is 2. The van der Waals surface area contributed by atoms with Gasteiger partial charge in [-0.2, -0.15) is 0 Å². The second-order valence-corrected chi connectivity index (χ2v) is 7.25. The summed E-state index contributed by atoms with van der Waals surface area (Å²) in [6.07, 6.45) is 0. The number of ether oxygens (including phenoxy) is 2. The lowest BCUT2D eigenvalue weighted by Crippen LogP contribution is -2.26. The molecule has 0 spiro atoms. The molecule has 0 saturated carbocycles. The van der Waals surface area contributed by atoms with Crippen LogP contribution < -0.4 is 10.1 Å². The van der Waals surface area contributed by atoms with E-state index in [1.54, 1.807) is 60.5 Å². The molecule has 3 rings (SSSR count). The number of anilines is 1. The molecule has 6 nitrogen and oxygen atoms in total. The van der Waals surface area contributed by atoms with Gasteiger partial charge in [-0.3, -0.25) is 9.59 Å². The Balaban J connectivity index is 1.62. The Bertz CT molecular complexity index is 1040. The average molecular weight is 433 g/mol. The fourth-order valence-corrected chi connectivity index (χ4v) is 3.17. The van der Waals surface area contributed by atoms with E-state index < -0.39 is 0 Å². The first-order chi connectivity index (χ1) is 15.6. The zero-order valence-corrected chi connectivity index (χ0v) is 18.4. The number of rotatable bonds is 10. The SMILES string of the molecule is CCOCCOc1cccc(C(=O)Nc2cccc(C(=O)N(C)Cc3ccccc3)c2)c1. The number of carbonyl (C=O) groups excluding carboxylic acids is 2. The van der Waals surface area contributed by atoms with Gasteiger partial charge in [0, 0.05) is 37.0 Å². The summed E-state index contributed by atoms with van der Waals surface area (Å²) in [6.45, 7) is 3.97. The Morgan fingerprint density at radius 1 is 0.875 bits per heavy atom. The molecule has 0 fully saturated rings. The van der Waals surface area contributed by atoms with Gasteiger partial charge in [-0.05, 0) is 48.9 Å². The lowest BCUT2D eigenvalue weighted by Gasteiger charge is -2.18. The van der Waals surface area contributed by atoms with Gasteiger partial charge in [0.1, 0.15) is 12.4 Å². The van der Waals surface area contributed by atoms with Crippen molar-refractivity contribution in [1.82, 2.24) is 4.90 Å². The normalized spacial score (nSPS) is 10.4. The highest BCUT2D eigenvalue weighted by Gasteiger charge is 2.14. The van der Waals surface area contributed by atoms with E-state index in [0.717, 1.165) is 5.56 Å². The summed E-state index contributed by atoms with van der Waals surface area (Å²) in [5, 5.41) is 2.86. The number of hydrogen-bond acceptors (Lipinski definition) is 4. The van der Waals surface area contributed by atoms with E-state index in [0.29, 0.717) is 48.9 Å². The maximum absolute atomic E-state index is 12.8. The lowest BCUT2D eigenvalue weighted by atomic mass is 10.1. The van der Waals surface area contributed by atoms with Crippen molar-refractivity contribution in [2.45, 2.75) is 13.5 Å². The van der Waals surface area contributed by atoms with Gasteiger partial charge in [-0.1, -0.05) is 42.5 Å². The Kier molecular flexibility index (Phi) is 8.40. The van der Waals surface area contributed by atoms with E-state index in [9.17, 15) is 9.59 Å². The highest BCUT2D eigenvalue weighted by atomic mass is 16.5. The van der Waals surface area contributed by atoms with Crippen LogP contribution in [0.2, 0.25) is 0 Å². The van der Waals surface area contributed by atoms with E-state index in [4.69, 9.17) is 9.47 Å². The van der Waals surface area contributed by atoms with Gasteiger partial charge in [0.05, 0.1) is 6.61 Å². The minimum Gasteiger partial charge on any atom is -0.491 e. The summed E-state index contributed by atoms with van der Waals surface area (Å²) in [6, 6.07) is 23.7. The van der Waals surface area contributed by atoms with Crippen LogP contribution in [-0.4, -0.2) is 43.6 Å². The van der Waals surface area contributed by atoms with Gasteiger partial charge in [-0.25, -0.2) is 0 Å². The van der Waals surface area contributed by atoms with Crippen molar-refractivity contribution in [2.24, 2.45) is 0 Å². The van der Waals surface area contributed by atoms with Gasteiger partial charge >= 0.3 is 0 Å². The van der Waals surface area contributed by atoms with Crippen LogP contribution in [0.5, 0.6) is 5.75 Å². The van der Waals surface area contributed by atoms with Crippen LogP contribution in [0.1, 0.15) is 33.2 Å². The van der Waals surface area contributed by atoms with Crippen molar-refractivity contribution in [2.75, 3.05) is 32.2 Å². The molecule has 0 heterocycles. The summed E-state index contributed by atoms with van der Waals surface area (Å²) >= 11 is 0. The van der Waals surface area contributed by atoms with Gasteiger partial charge in [-0.15, -0.1) is 0 Å². The molecule has 32 heavy (non-hydrogen) atoms. The second-order valence-electron chi connectivity index (χ2n) is 7.25. The quantitative estimate of drug-likeness (QED) is 0.475. The van der Waals surface area contributed by atoms with E-state index in [2.05, 4.69) is 5.32 Å². The summed E-state index contributed by atoms with van der Waals surface area (Å²) in [7, 11) is 1.76. The molecule has 2 amide bonds. The molecule has 0 bridgehead atoms. The van der Waals surface area contributed by atoms with Crippen molar-refractivity contribution in [3.63, 3.8) is 0 Å². The Morgan fingerprint density at radius 3 is 2.41 bits per heavy atom. The monoisotopic (exact) mass is 432 g/mol. The molecule has 0 aliphatic rings. The number of amides is 2. The molecular formula is C26H28N2O4. The first-order valence-corrected chi connectivity index (χ1v) is 10.6. The summed E-state index contributed by atoms with van der Waals surface area (Å²) in [5.41, 5.74) is 2.58. The van der Waals surface area contributed by atoms with Crippen LogP contribution in [0.15, 0.2) is 78.9 Å². The largest absolute Gasteiger partial charge is 0.491 e. The molecule has 1 N–H and O–H groups in total. The standard InChI is InChI=1S/C26H28N2O4/c1-3-31-15-16-32-24-14-8-11-21(18-24)25(29)27-23-13-7-12-22(17-23)26(30)28(2)19-20-9-5-4-6-10-20/h4-14,17-18H,3,15-16,19H2,1-2H3,(H,27,29).